The van der Waals surface area contributed by atoms with Crippen molar-refractivity contribution < 1.29 is 45.6 Å². The van der Waals surface area contributed by atoms with Gasteiger partial charge in [0.2, 0.25) is 0 Å². The third-order valence-electron chi connectivity index (χ3n) is 4.15. The number of hydrogen-bond acceptors (Lipinski definition) is 1. The number of hydrogen-bond donors (Lipinski definition) is 3. The SMILES string of the molecule is CC(C)[N-]C1CCCC(CC(F)(F)F)(CC(F)(F)F)CCC1.O=P(O)(O)O. The molecule has 1 aliphatic rings. The zero-order valence-corrected chi connectivity index (χ0v) is 16.1. The number of phosphoric acid groups is 1. The molecule has 5 nitrogen and oxygen atoms in total. The van der Waals surface area contributed by atoms with Crippen molar-refractivity contribution in [2.75, 3.05) is 0 Å². The fraction of sp³-hybridized carbons (Fsp3) is 1.00. The van der Waals surface area contributed by atoms with E-state index in [0.29, 0.717) is 25.7 Å². The van der Waals surface area contributed by atoms with Crippen LogP contribution in [0, 0.1) is 5.41 Å². The Morgan fingerprint density at radius 2 is 1.30 bits per heavy atom. The van der Waals surface area contributed by atoms with E-state index in [1.165, 1.54) is 0 Å². The van der Waals surface area contributed by atoms with Crippen molar-refractivity contribution in [1.82, 2.24) is 0 Å². The van der Waals surface area contributed by atoms with Gasteiger partial charge in [-0.05, 0) is 18.3 Å². The Balaban J connectivity index is 0.00000119. The van der Waals surface area contributed by atoms with Crippen molar-refractivity contribution in [2.45, 2.75) is 89.7 Å². The molecule has 0 atom stereocenters. The van der Waals surface area contributed by atoms with Crippen LogP contribution in [0.15, 0.2) is 0 Å². The van der Waals surface area contributed by atoms with Gasteiger partial charge in [-0.15, -0.1) is 12.1 Å². The molecule has 1 aliphatic carbocycles. The average Bonchev–Trinajstić information content (AvgIpc) is 2.28. The first-order valence-electron chi connectivity index (χ1n) is 8.53. The van der Waals surface area contributed by atoms with E-state index in [-0.39, 0.29) is 24.9 Å². The maximum Gasteiger partial charge on any atom is 0.466 e. The first-order chi connectivity index (χ1) is 11.9. The molecule has 0 bridgehead atoms. The quantitative estimate of drug-likeness (QED) is 0.408. The third-order valence-corrected chi connectivity index (χ3v) is 4.15. The maximum atomic E-state index is 12.8. The Hall–Kier alpha value is -0.350. The van der Waals surface area contributed by atoms with E-state index in [1.807, 2.05) is 13.8 Å². The van der Waals surface area contributed by atoms with E-state index >= 15 is 0 Å². The number of halogens is 6. The zero-order valence-electron chi connectivity index (χ0n) is 15.2. The minimum absolute atomic E-state index is 0.0316. The molecule has 0 aromatic rings. The Morgan fingerprint density at radius 1 is 0.963 bits per heavy atom. The van der Waals surface area contributed by atoms with Gasteiger partial charge in [0.25, 0.3) is 0 Å². The summed E-state index contributed by atoms with van der Waals surface area (Å²) in [4.78, 5) is 21.6. The van der Waals surface area contributed by atoms with E-state index in [1.54, 1.807) is 0 Å². The average molecular weight is 430 g/mol. The molecular weight excluding hydrogens is 403 g/mol. The number of rotatable bonds is 4. The summed E-state index contributed by atoms with van der Waals surface area (Å²) < 4.78 is 85.4. The van der Waals surface area contributed by atoms with Crippen molar-refractivity contribution in [3.05, 3.63) is 5.32 Å². The third kappa shape index (κ3) is 16.3. The summed E-state index contributed by atoms with van der Waals surface area (Å²) in [7, 11) is -4.64. The molecule has 0 aromatic carbocycles. The van der Waals surface area contributed by atoms with Crippen LogP contribution >= 0.6 is 7.82 Å². The highest BCUT2D eigenvalue weighted by molar-refractivity contribution is 7.45. The van der Waals surface area contributed by atoms with Gasteiger partial charge in [0.05, 0.1) is 0 Å². The predicted octanol–water partition coefficient (Wildman–Crippen LogP) is 5.45. The molecule has 0 spiro atoms. The van der Waals surface area contributed by atoms with Crippen LogP contribution in [-0.4, -0.2) is 39.1 Å². The molecule has 164 valence electrons. The molecule has 0 amide bonds. The van der Waals surface area contributed by atoms with Gasteiger partial charge in [-0.1, -0.05) is 39.5 Å². The van der Waals surface area contributed by atoms with Crippen LogP contribution in [0.1, 0.15) is 65.2 Å². The lowest BCUT2D eigenvalue weighted by Gasteiger charge is -2.42. The number of nitrogens with zero attached hydrogens (tertiary/aromatic N) is 1. The van der Waals surface area contributed by atoms with Crippen LogP contribution in [0.3, 0.4) is 0 Å². The van der Waals surface area contributed by atoms with Gasteiger partial charge < -0.3 is 20.0 Å². The molecule has 0 radical (unpaired) electrons. The summed E-state index contributed by atoms with van der Waals surface area (Å²) in [5.41, 5.74) is -1.70. The Labute approximate surface area is 154 Å². The normalized spacial score (nSPS) is 19.9. The minimum Gasteiger partial charge on any atom is -0.657 e. The van der Waals surface area contributed by atoms with Gasteiger partial charge in [-0.3, -0.25) is 0 Å². The van der Waals surface area contributed by atoms with Gasteiger partial charge in [-0.2, -0.15) is 26.3 Å². The van der Waals surface area contributed by atoms with Crippen LogP contribution in [-0.2, 0) is 4.57 Å². The second-order valence-corrected chi connectivity index (χ2v) is 8.30. The van der Waals surface area contributed by atoms with Crippen LogP contribution < -0.4 is 0 Å². The van der Waals surface area contributed by atoms with Crippen LogP contribution in [0.25, 0.3) is 5.32 Å². The highest BCUT2D eigenvalue weighted by atomic mass is 31.2. The lowest BCUT2D eigenvalue weighted by Crippen LogP contribution is -2.35. The van der Waals surface area contributed by atoms with E-state index in [0.717, 1.165) is 0 Å². The minimum atomic E-state index is -4.64. The molecule has 1 fully saturated rings. The fourth-order valence-corrected chi connectivity index (χ4v) is 3.53. The van der Waals surface area contributed by atoms with Crippen molar-refractivity contribution in [3.8, 4) is 0 Å². The van der Waals surface area contributed by atoms with Gasteiger partial charge in [0, 0.05) is 12.8 Å². The fourth-order valence-electron chi connectivity index (χ4n) is 3.53. The zero-order chi connectivity index (χ0) is 21.5. The summed E-state index contributed by atoms with van der Waals surface area (Å²) in [5.74, 6) is 0. The van der Waals surface area contributed by atoms with Crippen molar-refractivity contribution >= 4 is 7.82 Å². The summed E-state index contributed by atoms with van der Waals surface area (Å²) in [5, 5.41) is 4.49. The lowest BCUT2D eigenvalue weighted by atomic mass is 9.70. The highest BCUT2D eigenvalue weighted by Crippen LogP contribution is 2.49. The summed E-state index contributed by atoms with van der Waals surface area (Å²) in [6.07, 6.45) is -9.98. The van der Waals surface area contributed by atoms with Crippen LogP contribution in [0.4, 0.5) is 26.3 Å². The van der Waals surface area contributed by atoms with E-state index in [9.17, 15) is 26.3 Å². The highest BCUT2D eigenvalue weighted by Gasteiger charge is 2.48. The second kappa shape index (κ2) is 10.4. The summed E-state index contributed by atoms with van der Waals surface area (Å²) >= 11 is 0. The Kier molecular flexibility index (Phi) is 10.3. The molecule has 0 aliphatic heterocycles. The van der Waals surface area contributed by atoms with E-state index in [2.05, 4.69) is 5.32 Å². The van der Waals surface area contributed by atoms with Gasteiger partial charge >= 0.3 is 20.2 Å². The molecule has 0 aromatic heterocycles. The monoisotopic (exact) mass is 430 g/mol. The molecule has 1 rings (SSSR count). The van der Waals surface area contributed by atoms with Crippen LogP contribution in [0.5, 0.6) is 0 Å². The largest absolute Gasteiger partial charge is 0.657 e. The number of alkyl halides is 6. The molecule has 0 saturated heterocycles. The maximum absolute atomic E-state index is 12.8. The van der Waals surface area contributed by atoms with Crippen molar-refractivity contribution in [1.29, 1.82) is 0 Å². The van der Waals surface area contributed by atoms with Gasteiger partial charge in [-0.25, -0.2) is 4.57 Å². The molecule has 0 unspecified atom stereocenters. The molecular formula is C15H27F6NO4P-. The molecule has 0 heterocycles. The summed E-state index contributed by atoms with van der Waals surface area (Å²) in [6.45, 7) is 3.85. The Bertz CT molecular complexity index is 442. The van der Waals surface area contributed by atoms with E-state index in [4.69, 9.17) is 19.2 Å². The van der Waals surface area contributed by atoms with Crippen molar-refractivity contribution in [2.24, 2.45) is 5.41 Å². The van der Waals surface area contributed by atoms with E-state index < -0.39 is 38.4 Å². The molecule has 12 heteroatoms. The standard InChI is InChI=1S/C15H24F6N.H3O4P/c1-11(2)22-12-5-3-7-13(8-4-6-12,9-14(16,17)18)10-15(19,20)21;1-5(2,3)4/h11-12H,3-10H2,1-2H3;(H3,1,2,3,4)/q-1;. The lowest BCUT2D eigenvalue weighted by molar-refractivity contribution is -0.199. The topological polar surface area (TPSA) is 91.9 Å². The second-order valence-electron chi connectivity index (χ2n) is 7.28. The van der Waals surface area contributed by atoms with Crippen LogP contribution in [0.2, 0.25) is 0 Å². The molecule has 1 saturated carbocycles. The molecule has 3 N–H and O–H groups in total. The predicted molar refractivity (Wildman–Crippen MR) is 88.0 cm³/mol. The van der Waals surface area contributed by atoms with Gasteiger partial charge in [0.15, 0.2) is 0 Å². The first kappa shape index (κ1) is 26.6. The molecule has 27 heavy (non-hydrogen) atoms. The first-order valence-corrected chi connectivity index (χ1v) is 10.1. The summed E-state index contributed by atoms with van der Waals surface area (Å²) in [6, 6.07) is 0.203. The van der Waals surface area contributed by atoms with Gasteiger partial charge in [0.1, 0.15) is 0 Å². The van der Waals surface area contributed by atoms with Crippen molar-refractivity contribution in [3.63, 3.8) is 0 Å². The smallest absolute Gasteiger partial charge is 0.466 e. The Morgan fingerprint density at radius 3 is 1.56 bits per heavy atom.